The summed E-state index contributed by atoms with van der Waals surface area (Å²) < 4.78 is 30.0. The fourth-order valence-corrected chi connectivity index (χ4v) is 4.10. The number of alkyl halides is 2. The van der Waals surface area contributed by atoms with Crippen LogP contribution in [0.3, 0.4) is 0 Å². The first-order chi connectivity index (χ1) is 15.9. The molecular formula is C23H23F2N7O2. The van der Waals surface area contributed by atoms with E-state index >= 15 is 0 Å². The molecule has 1 aromatic carbocycles. The molecule has 11 heteroatoms. The average Bonchev–Trinajstić information content (AvgIpc) is 3.31. The molecule has 176 valence electrons. The summed E-state index contributed by atoms with van der Waals surface area (Å²) in [7, 11) is 3.28. The van der Waals surface area contributed by atoms with Crippen LogP contribution in [-0.2, 0) is 19.5 Å². The smallest absolute Gasteiger partial charge is 0.271 e. The van der Waals surface area contributed by atoms with Crippen molar-refractivity contribution in [3.8, 4) is 17.0 Å². The van der Waals surface area contributed by atoms with E-state index in [1.165, 1.54) is 22.1 Å². The molecule has 1 amide bonds. The molecule has 3 heterocycles. The highest BCUT2D eigenvalue weighted by molar-refractivity contribution is 6.10. The number of amides is 1. The quantitative estimate of drug-likeness (QED) is 0.391. The Morgan fingerprint density at radius 3 is 2.65 bits per heavy atom. The number of pyridine rings is 1. The lowest BCUT2D eigenvalue weighted by molar-refractivity contribution is 0.0164. The maximum atomic E-state index is 14.2. The summed E-state index contributed by atoms with van der Waals surface area (Å²) in [5.41, 5.74) is 2.00. The largest absolute Gasteiger partial charge is 0.508 e. The number of carbonyl (C=O) groups is 1. The summed E-state index contributed by atoms with van der Waals surface area (Å²) >= 11 is 0. The summed E-state index contributed by atoms with van der Waals surface area (Å²) in [4.78, 5) is 20.2. The van der Waals surface area contributed by atoms with Gasteiger partial charge < -0.3 is 10.0 Å². The minimum atomic E-state index is -3.24. The van der Waals surface area contributed by atoms with Gasteiger partial charge in [0.15, 0.2) is 0 Å². The number of aromatic nitrogens is 3. The lowest BCUT2D eigenvalue weighted by Gasteiger charge is -2.19. The van der Waals surface area contributed by atoms with E-state index in [0.29, 0.717) is 22.5 Å². The molecule has 0 aliphatic carbocycles. The predicted octanol–water partition coefficient (Wildman–Crippen LogP) is 3.63. The van der Waals surface area contributed by atoms with E-state index in [2.05, 4.69) is 10.1 Å². The SMILES string of the molecule is Cc1cc(-c2c(C(=N)N(C)C=N)cnn2C)cc(N2Cc3c(cc(O)cc3C(C)(F)F)C2=O)n1. The molecule has 1 aliphatic heterocycles. The number of rotatable bonds is 5. The molecule has 0 saturated heterocycles. The lowest BCUT2D eigenvalue weighted by atomic mass is 9.98. The summed E-state index contributed by atoms with van der Waals surface area (Å²) in [6.45, 7) is 2.35. The maximum absolute atomic E-state index is 14.2. The zero-order chi connectivity index (χ0) is 24.9. The molecule has 4 rings (SSSR count). The second kappa shape index (κ2) is 8.01. The Hall–Kier alpha value is -4.15. The van der Waals surface area contributed by atoms with Crippen molar-refractivity contribution >= 4 is 23.9 Å². The van der Waals surface area contributed by atoms with Gasteiger partial charge >= 0.3 is 0 Å². The Kier molecular flexibility index (Phi) is 5.42. The van der Waals surface area contributed by atoms with Gasteiger partial charge in [0.25, 0.3) is 11.8 Å². The molecule has 3 N–H and O–H groups in total. The third-order valence-electron chi connectivity index (χ3n) is 5.73. The summed E-state index contributed by atoms with van der Waals surface area (Å²) in [5, 5.41) is 30.0. The van der Waals surface area contributed by atoms with Crippen molar-refractivity contribution in [3.05, 3.63) is 58.4 Å². The lowest BCUT2D eigenvalue weighted by Crippen LogP contribution is -2.25. The van der Waals surface area contributed by atoms with Crippen LogP contribution in [0.1, 0.15) is 39.7 Å². The van der Waals surface area contributed by atoms with E-state index < -0.39 is 23.1 Å². The van der Waals surface area contributed by atoms with E-state index in [1.807, 2.05) is 0 Å². The first-order valence-corrected chi connectivity index (χ1v) is 10.3. The Labute approximate surface area is 194 Å². The number of halogens is 2. The van der Waals surface area contributed by atoms with Gasteiger partial charge in [-0.15, -0.1) is 0 Å². The average molecular weight is 467 g/mol. The van der Waals surface area contributed by atoms with Crippen molar-refractivity contribution in [3.63, 3.8) is 0 Å². The van der Waals surface area contributed by atoms with E-state index in [4.69, 9.17) is 10.8 Å². The molecule has 0 spiro atoms. The number of aryl methyl sites for hydroxylation is 2. The number of hydrogen-bond acceptors (Lipinski definition) is 6. The van der Waals surface area contributed by atoms with Gasteiger partial charge in [0.05, 0.1) is 30.3 Å². The molecule has 0 atom stereocenters. The normalized spacial score (nSPS) is 13.2. The molecule has 0 saturated carbocycles. The Morgan fingerprint density at radius 2 is 2.00 bits per heavy atom. The first-order valence-electron chi connectivity index (χ1n) is 10.3. The van der Waals surface area contributed by atoms with Crippen molar-refractivity contribution in [2.75, 3.05) is 11.9 Å². The van der Waals surface area contributed by atoms with Crippen molar-refractivity contribution in [2.45, 2.75) is 26.3 Å². The summed E-state index contributed by atoms with van der Waals surface area (Å²) in [6.07, 6.45) is 2.53. The number of nitrogens with zero attached hydrogens (tertiary/aromatic N) is 5. The summed E-state index contributed by atoms with van der Waals surface area (Å²) in [5.74, 6) is -3.88. The zero-order valence-corrected chi connectivity index (χ0v) is 19.0. The van der Waals surface area contributed by atoms with Crippen LogP contribution in [0.2, 0.25) is 0 Å². The molecule has 0 bridgehead atoms. The highest BCUT2D eigenvalue weighted by atomic mass is 19.3. The van der Waals surface area contributed by atoms with E-state index in [1.54, 1.807) is 37.8 Å². The highest BCUT2D eigenvalue weighted by Gasteiger charge is 2.38. The fraction of sp³-hybridized carbons (Fsp3) is 0.261. The molecule has 1 aliphatic rings. The monoisotopic (exact) mass is 467 g/mol. The zero-order valence-electron chi connectivity index (χ0n) is 19.0. The number of amidine groups is 1. The third kappa shape index (κ3) is 3.78. The third-order valence-corrected chi connectivity index (χ3v) is 5.73. The number of nitrogens with one attached hydrogen (secondary N) is 2. The number of anilines is 1. The Bertz CT molecular complexity index is 1340. The van der Waals surface area contributed by atoms with E-state index in [0.717, 1.165) is 19.3 Å². The molecule has 0 unspecified atom stereocenters. The highest BCUT2D eigenvalue weighted by Crippen LogP contribution is 2.40. The maximum Gasteiger partial charge on any atom is 0.271 e. The number of carbonyl (C=O) groups excluding carboxylic acids is 1. The van der Waals surface area contributed by atoms with Crippen LogP contribution in [0.25, 0.3) is 11.3 Å². The molecule has 0 radical (unpaired) electrons. The Morgan fingerprint density at radius 1 is 1.29 bits per heavy atom. The van der Waals surface area contributed by atoms with Crippen LogP contribution >= 0.6 is 0 Å². The van der Waals surface area contributed by atoms with Crippen LogP contribution in [-0.4, -0.2) is 49.9 Å². The van der Waals surface area contributed by atoms with Gasteiger partial charge in [0.2, 0.25) is 0 Å². The standard InChI is InChI=1S/C23H23F2N7O2/c1-12-5-13(20-16(9-28-31(20)4)21(27)30(3)11-26)6-19(29-12)32-10-17-15(22(32)34)7-14(33)8-18(17)23(2,24)25/h5-9,11,26-27,33H,10H2,1-4H3. The minimum Gasteiger partial charge on any atom is -0.508 e. The van der Waals surface area contributed by atoms with Crippen LogP contribution in [0.4, 0.5) is 14.6 Å². The minimum absolute atomic E-state index is 0.0111. The van der Waals surface area contributed by atoms with Gasteiger partial charge in [-0.25, -0.2) is 13.8 Å². The van der Waals surface area contributed by atoms with Gasteiger partial charge in [-0.05, 0) is 36.8 Å². The van der Waals surface area contributed by atoms with Crippen LogP contribution < -0.4 is 4.90 Å². The van der Waals surface area contributed by atoms with Crippen LogP contribution in [0.5, 0.6) is 5.75 Å². The van der Waals surface area contributed by atoms with E-state index in [9.17, 15) is 18.7 Å². The van der Waals surface area contributed by atoms with Gasteiger partial charge in [-0.3, -0.25) is 25.2 Å². The molecule has 34 heavy (non-hydrogen) atoms. The number of phenols is 1. The van der Waals surface area contributed by atoms with Crippen LogP contribution in [0.15, 0.2) is 30.5 Å². The second-order valence-corrected chi connectivity index (χ2v) is 8.27. The number of fused-ring (bicyclic) bond motifs is 1. The topological polar surface area (TPSA) is 122 Å². The van der Waals surface area contributed by atoms with Crippen molar-refractivity contribution < 1.29 is 18.7 Å². The molecular weight excluding hydrogens is 444 g/mol. The molecule has 9 nitrogen and oxygen atoms in total. The van der Waals surface area contributed by atoms with Gasteiger partial charge in [-0.1, -0.05) is 0 Å². The van der Waals surface area contributed by atoms with Crippen molar-refractivity contribution in [2.24, 2.45) is 7.05 Å². The molecule has 0 fully saturated rings. The predicted molar refractivity (Wildman–Crippen MR) is 123 cm³/mol. The van der Waals surface area contributed by atoms with Gasteiger partial charge in [0, 0.05) is 43.4 Å². The van der Waals surface area contributed by atoms with Gasteiger partial charge in [-0.2, -0.15) is 5.10 Å². The molecule has 3 aromatic rings. The fourth-order valence-electron chi connectivity index (χ4n) is 4.10. The Balaban J connectivity index is 1.81. The number of hydrogen-bond donors (Lipinski definition) is 3. The number of phenolic OH excluding ortho intramolecular Hbond substituents is 1. The second-order valence-electron chi connectivity index (χ2n) is 8.27. The van der Waals surface area contributed by atoms with E-state index in [-0.39, 0.29) is 29.3 Å². The summed E-state index contributed by atoms with van der Waals surface area (Å²) in [6, 6.07) is 5.58. The number of benzene rings is 1. The van der Waals surface area contributed by atoms with Crippen LogP contribution in [0, 0.1) is 17.7 Å². The van der Waals surface area contributed by atoms with Crippen molar-refractivity contribution in [1.82, 2.24) is 19.7 Å². The molecule has 2 aromatic heterocycles. The van der Waals surface area contributed by atoms with Gasteiger partial charge in [0.1, 0.15) is 17.4 Å². The van der Waals surface area contributed by atoms with Crippen molar-refractivity contribution in [1.29, 1.82) is 10.8 Å². The number of aromatic hydroxyl groups is 1. The first kappa shape index (κ1) is 23.0.